The van der Waals surface area contributed by atoms with Gasteiger partial charge in [-0.05, 0) is 20.8 Å². The Morgan fingerprint density at radius 1 is 1.30 bits per heavy atom. The van der Waals surface area contributed by atoms with Crippen molar-refractivity contribution >= 4 is 11.8 Å². The van der Waals surface area contributed by atoms with Crippen molar-refractivity contribution in [1.29, 1.82) is 0 Å². The number of halogens is 3. The van der Waals surface area contributed by atoms with Crippen LogP contribution in [0.25, 0.3) is 0 Å². The molecule has 9 heteroatoms. The van der Waals surface area contributed by atoms with E-state index >= 15 is 0 Å². The molecule has 0 bridgehead atoms. The van der Waals surface area contributed by atoms with Crippen LogP contribution in [0.2, 0.25) is 0 Å². The highest BCUT2D eigenvalue weighted by Gasteiger charge is 2.33. The van der Waals surface area contributed by atoms with E-state index in [9.17, 15) is 13.2 Å². The van der Waals surface area contributed by atoms with Crippen LogP contribution >= 0.6 is 0 Å². The van der Waals surface area contributed by atoms with Gasteiger partial charge >= 0.3 is 6.18 Å². The SMILES string of the molecule is CCOC(C)(C)CNc1cc(C(F)(F)F)nc(NN)n1. The fourth-order valence-corrected chi connectivity index (χ4v) is 1.49. The van der Waals surface area contributed by atoms with Crippen molar-refractivity contribution in [2.24, 2.45) is 5.84 Å². The summed E-state index contributed by atoms with van der Waals surface area (Å²) in [6.07, 6.45) is -4.57. The highest BCUT2D eigenvalue weighted by Crippen LogP contribution is 2.29. The first-order valence-electron chi connectivity index (χ1n) is 5.98. The molecule has 0 radical (unpaired) electrons. The summed E-state index contributed by atoms with van der Waals surface area (Å²) in [7, 11) is 0. The maximum absolute atomic E-state index is 12.7. The highest BCUT2D eigenvalue weighted by molar-refractivity contribution is 5.42. The van der Waals surface area contributed by atoms with Gasteiger partial charge in [0.15, 0.2) is 5.69 Å². The van der Waals surface area contributed by atoms with Crippen LogP contribution in [-0.4, -0.2) is 28.7 Å². The largest absolute Gasteiger partial charge is 0.433 e. The van der Waals surface area contributed by atoms with Crippen LogP contribution in [0, 0.1) is 0 Å². The molecule has 0 unspecified atom stereocenters. The Hall–Kier alpha value is -1.61. The number of ether oxygens (including phenoxy) is 1. The topological polar surface area (TPSA) is 85.1 Å². The van der Waals surface area contributed by atoms with Crippen LogP contribution < -0.4 is 16.6 Å². The van der Waals surface area contributed by atoms with Crippen LogP contribution in [-0.2, 0) is 10.9 Å². The van der Waals surface area contributed by atoms with Gasteiger partial charge in [-0.15, -0.1) is 0 Å². The Bertz CT molecular complexity index is 450. The minimum atomic E-state index is -4.57. The number of nitrogens with zero attached hydrogens (tertiary/aromatic N) is 2. The Morgan fingerprint density at radius 3 is 2.45 bits per heavy atom. The molecule has 1 aromatic rings. The number of rotatable bonds is 6. The van der Waals surface area contributed by atoms with Crippen molar-refractivity contribution in [3.8, 4) is 0 Å². The van der Waals surface area contributed by atoms with E-state index in [4.69, 9.17) is 10.6 Å². The van der Waals surface area contributed by atoms with Crippen molar-refractivity contribution in [1.82, 2.24) is 9.97 Å². The zero-order valence-electron chi connectivity index (χ0n) is 11.5. The molecule has 1 heterocycles. The number of hydrogen-bond donors (Lipinski definition) is 3. The molecular formula is C11H18F3N5O. The van der Waals surface area contributed by atoms with Crippen LogP contribution in [0.15, 0.2) is 6.07 Å². The smallest absolute Gasteiger partial charge is 0.374 e. The second-order valence-corrected chi connectivity index (χ2v) is 4.65. The van der Waals surface area contributed by atoms with Crippen molar-refractivity contribution in [3.63, 3.8) is 0 Å². The number of hydrazine groups is 1. The lowest BCUT2D eigenvalue weighted by atomic mass is 10.1. The molecule has 0 spiro atoms. The van der Waals surface area contributed by atoms with Gasteiger partial charge in [0.05, 0.1) is 5.60 Å². The maximum atomic E-state index is 12.7. The minimum absolute atomic E-state index is 0.0213. The summed E-state index contributed by atoms with van der Waals surface area (Å²) in [5.74, 6) is 4.78. The first-order valence-corrected chi connectivity index (χ1v) is 5.98. The average molecular weight is 293 g/mol. The van der Waals surface area contributed by atoms with E-state index in [1.54, 1.807) is 0 Å². The van der Waals surface area contributed by atoms with Gasteiger partial charge in [-0.3, -0.25) is 5.43 Å². The molecule has 1 aromatic heterocycles. The third kappa shape index (κ3) is 4.82. The molecule has 0 aromatic carbocycles. The van der Waals surface area contributed by atoms with Gasteiger partial charge in [0.1, 0.15) is 5.82 Å². The van der Waals surface area contributed by atoms with Crippen LogP contribution in [0.5, 0.6) is 0 Å². The van der Waals surface area contributed by atoms with Crippen molar-refractivity contribution in [2.75, 3.05) is 23.9 Å². The fraction of sp³-hybridized carbons (Fsp3) is 0.636. The summed E-state index contributed by atoms with van der Waals surface area (Å²) < 4.78 is 43.4. The van der Waals surface area contributed by atoms with E-state index in [0.717, 1.165) is 6.07 Å². The Balaban J connectivity index is 2.90. The second-order valence-electron chi connectivity index (χ2n) is 4.65. The summed E-state index contributed by atoms with van der Waals surface area (Å²) in [6, 6.07) is 0.822. The molecule has 6 nitrogen and oxygen atoms in total. The first kappa shape index (κ1) is 16.4. The Morgan fingerprint density at radius 2 is 1.95 bits per heavy atom. The molecule has 0 fully saturated rings. The lowest BCUT2D eigenvalue weighted by Gasteiger charge is -2.25. The molecule has 4 N–H and O–H groups in total. The quantitative estimate of drug-likeness (QED) is 0.549. The van der Waals surface area contributed by atoms with Crippen molar-refractivity contribution in [2.45, 2.75) is 32.5 Å². The molecule has 0 amide bonds. The number of aromatic nitrogens is 2. The molecule has 0 aliphatic rings. The first-order chi connectivity index (χ1) is 9.18. The monoisotopic (exact) mass is 293 g/mol. The highest BCUT2D eigenvalue weighted by atomic mass is 19.4. The minimum Gasteiger partial charge on any atom is -0.374 e. The zero-order valence-corrected chi connectivity index (χ0v) is 11.5. The molecule has 0 saturated heterocycles. The number of nitrogen functional groups attached to an aromatic ring is 1. The second kappa shape index (κ2) is 6.23. The molecule has 0 atom stereocenters. The van der Waals surface area contributed by atoms with Gasteiger partial charge in [-0.2, -0.15) is 18.2 Å². The Labute approximate surface area is 114 Å². The van der Waals surface area contributed by atoms with Crippen LogP contribution in [0.1, 0.15) is 26.5 Å². The fourth-order valence-electron chi connectivity index (χ4n) is 1.49. The zero-order chi connectivity index (χ0) is 15.4. The molecular weight excluding hydrogens is 275 g/mol. The Kier molecular flexibility index (Phi) is 5.12. The molecule has 20 heavy (non-hydrogen) atoms. The van der Waals surface area contributed by atoms with Crippen LogP contribution in [0.4, 0.5) is 24.9 Å². The van der Waals surface area contributed by atoms with Crippen molar-refractivity contribution < 1.29 is 17.9 Å². The molecule has 0 aliphatic carbocycles. The predicted molar refractivity (Wildman–Crippen MR) is 69.0 cm³/mol. The summed E-state index contributed by atoms with van der Waals surface area (Å²) in [5, 5.41) is 2.79. The maximum Gasteiger partial charge on any atom is 0.433 e. The summed E-state index contributed by atoms with van der Waals surface area (Å²) in [4.78, 5) is 7.08. The molecule has 114 valence electrons. The van der Waals surface area contributed by atoms with Gasteiger partial charge in [0.25, 0.3) is 0 Å². The average Bonchev–Trinajstić information content (AvgIpc) is 2.35. The number of alkyl halides is 3. The number of hydrogen-bond acceptors (Lipinski definition) is 6. The van der Waals surface area contributed by atoms with E-state index in [1.807, 2.05) is 26.2 Å². The van der Waals surface area contributed by atoms with E-state index in [1.165, 1.54) is 0 Å². The lowest BCUT2D eigenvalue weighted by Crippen LogP contribution is -2.33. The number of anilines is 2. The van der Waals surface area contributed by atoms with Crippen LogP contribution in [0.3, 0.4) is 0 Å². The third-order valence-electron chi connectivity index (χ3n) is 2.38. The van der Waals surface area contributed by atoms with Crippen molar-refractivity contribution in [3.05, 3.63) is 11.8 Å². The van der Waals surface area contributed by atoms with E-state index in [2.05, 4.69) is 15.3 Å². The molecule has 0 saturated carbocycles. The predicted octanol–water partition coefficient (Wildman–Crippen LogP) is 2.01. The third-order valence-corrected chi connectivity index (χ3v) is 2.38. The lowest BCUT2D eigenvalue weighted by molar-refractivity contribution is -0.141. The number of nitrogens with one attached hydrogen (secondary N) is 2. The van der Waals surface area contributed by atoms with E-state index < -0.39 is 17.5 Å². The normalized spacial score (nSPS) is 12.3. The van der Waals surface area contributed by atoms with E-state index in [-0.39, 0.29) is 11.8 Å². The van der Waals surface area contributed by atoms with Gasteiger partial charge < -0.3 is 10.1 Å². The molecule has 0 aliphatic heterocycles. The standard InChI is InChI=1S/C11H18F3N5O/c1-4-20-10(2,3)6-16-8-5-7(11(12,13)14)17-9(18-8)19-15/h5H,4,6,15H2,1-3H3,(H2,16,17,18,19). The van der Waals surface area contributed by atoms with Gasteiger partial charge in [-0.1, -0.05) is 0 Å². The summed E-state index contributed by atoms with van der Waals surface area (Å²) in [5.41, 5.74) is 0.403. The van der Waals surface area contributed by atoms with E-state index in [0.29, 0.717) is 13.2 Å². The summed E-state index contributed by atoms with van der Waals surface area (Å²) >= 11 is 0. The number of nitrogens with two attached hydrogens (primary N) is 1. The van der Waals surface area contributed by atoms with Gasteiger partial charge in [-0.25, -0.2) is 10.8 Å². The summed E-state index contributed by atoms with van der Waals surface area (Å²) in [6.45, 7) is 6.26. The van der Waals surface area contributed by atoms with Gasteiger partial charge in [0.2, 0.25) is 5.95 Å². The molecule has 1 rings (SSSR count). The van der Waals surface area contributed by atoms with Gasteiger partial charge in [0, 0.05) is 19.2 Å².